The molecule has 2 atom stereocenters. The van der Waals surface area contributed by atoms with Crippen molar-refractivity contribution in [3.05, 3.63) is 108 Å². The average molecular weight is 666 g/mol. The third kappa shape index (κ3) is 3.79. The summed E-state index contributed by atoms with van der Waals surface area (Å²) in [5, 5.41) is 11.0. The molecule has 2 aliphatic heterocycles. The third-order valence-corrected chi connectivity index (χ3v) is 11.5. The summed E-state index contributed by atoms with van der Waals surface area (Å²) >= 11 is 0. The van der Waals surface area contributed by atoms with E-state index in [-0.39, 0.29) is 11.5 Å². The van der Waals surface area contributed by atoms with Gasteiger partial charge in [0.25, 0.3) is 0 Å². The molecule has 8 aromatic carbocycles. The molecular weight excluding hydrogens is 638 g/mol. The molecule has 11 rings (SSSR count). The standard InChI is InChI=1S/C40H28B2F4N2O2/c43-41(44)47(21-29-19-27-13-11-23-5-3-7-25-15-17-31(39(29)49-41)37(27)35(23)25)33-9-1-2-10-34(33)48-22-30-20-28-14-12-24-6-4-8-26-16-18-32(38(28)36(24)26)40(30)50-42(48,45)46/h3-8,11-22,33-34H,1-2,9-10H2/t33-,34-/m1/s1. The van der Waals surface area contributed by atoms with E-state index in [2.05, 4.69) is 0 Å². The van der Waals surface area contributed by atoms with Crippen molar-refractivity contribution >= 4 is 91.1 Å². The summed E-state index contributed by atoms with van der Waals surface area (Å²) in [6.07, 6.45) is 4.81. The first-order chi connectivity index (χ1) is 24.2. The molecule has 1 aliphatic carbocycles. The minimum Gasteiger partial charge on any atom is -0.599 e. The van der Waals surface area contributed by atoms with Crippen LogP contribution in [0.2, 0.25) is 0 Å². The molecule has 50 heavy (non-hydrogen) atoms. The minimum atomic E-state index is -4.60. The molecule has 1 fully saturated rings. The number of benzene rings is 8. The highest BCUT2D eigenvalue weighted by Gasteiger charge is 2.60. The van der Waals surface area contributed by atoms with Crippen LogP contribution in [0, 0.1) is 0 Å². The van der Waals surface area contributed by atoms with Gasteiger partial charge in [-0.2, -0.15) is 0 Å². The van der Waals surface area contributed by atoms with Crippen LogP contribution in [-0.2, 0) is 0 Å². The summed E-state index contributed by atoms with van der Waals surface area (Å²) < 4.78 is 78.9. The van der Waals surface area contributed by atoms with Crippen molar-refractivity contribution in [1.82, 2.24) is 0 Å². The first-order valence-corrected chi connectivity index (χ1v) is 17.3. The zero-order valence-electron chi connectivity index (χ0n) is 26.8. The van der Waals surface area contributed by atoms with Crippen LogP contribution in [0.5, 0.6) is 11.5 Å². The highest BCUT2D eigenvalue weighted by molar-refractivity contribution is 6.53. The lowest BCUT2D eigenvalue weighted by Crippen LogP contribution is -2.63. The Morgan fingerprint density at radius 3 is 1.28 bits per heavy atom. The van der Waals surface area contributed by atoms with E-state index in [1.54, 1.807) is 0 Å². The molecule has 8 aromatic rings. The van der Waals surface area contributed by atoms with E-state index in [0.717, 1.165) is 62.8 Å². The van der Waals surface area contributed by atoms with Crippen molar-refractivity contribution in [2.24, 2.45) is 0 Å². The maximum absolute atomic E-state index is 16.4. The lowest BCUT2D eigenvalue weighted by Gasteiger charge is -2.41. The Balaban J connectivity index is 1.07. The van der Waals surface area contributed by atoms with Crippen molar-refractivity contribution in [2.45, 2.75) is 37.8 Å². The molecule has 0 unspecified atom stereocenters. The van der Waals surface area contributed by atoms with Crippen molar-refractivity contribution in [2.75, 3.05) is 0 Å². The molecule has 3 aliphatic rings. The number of halogens is 4. The molecular formula is C40H28B2F4N2O2. The van der Waals surface area contributed by atoms with Crippen LogP contribution in [0.4, 0.5) is 17.3 Å². The van der Waals surface area contributed by atoms with Crippen molar-refractivity contribution in [3.63, 3.8) is 0 Å². The number of hydrogen-bond acceptors (Lipinski definition) is 2. The van der Waals surface area contributed by atoms with Gasteiger partial charge in [0.05, 0.1) is 22.6 Å². The Bertz CT molecular complexity index is 2590. The van der Waals surface area contributed by atoms with Gasteiger partial charge in [-0.05, 0) is 68.1 Å². The van der Waals surface area contributed by atoms with Crippen LogP contribution in [-0.4, -0.2) is 47.6 Å². The van der Waals surface area contributed by atoms with Crippen LogP contribution < -0.4 is 9.31 Å². The zero-order valence-corrected chi connectivity index (χ0v) is 26.8. The van der Waals surface area contributed by atoms with Gasteiger partial charge < -0.3 is 35.5 Å². The Morgan fingerprint density at radius 2 is 0.860 bits per heavy atom. The second-order valence-electron chi connectivity index (χ2n) is 14.2. The monoisotopic (exact) mass is 666 g/mol. The predicted molar refractivity (Wildman–Crippen MR) is 194 cm³/mol. The molecule has 4 nitrogen and oxygen atoms in total. The summed E-state index contributed by atoms with van der Waals surface area (Å²) in [5.74, 6) is 0.260. The molecule has 244 valence electrons. The van der Waals surface area contributed by atoms with Gasteiger partial charge in [-0.25, -0.2) is 0 Å². The molecule has 0 aromatic heterocycles. The first kappa shape index (κ1) is 28.5. The normalized spacial score (nSPS) is 21.4. The Kier molecular flexibility index (Phi) is 5.50. The van der Waals surface area contributed by atoms with Gasteiger partial charge >= 0.3 is 14.1 Å². The van der Waals surface area contributed by atoms with Gasteiger partial charge in [0.2, 0.25) is 0 Å². The van der Waals surface area contributed by atoms with E-state index in [1.165, 1.54) is 12.4 Å². The molecule has 0 radical (unpaired) electrons. The van der Waals surface area contributed by atoms with Crippen molar-refractivity contribution < 1.29 is 35.5 Å². The SMILES string of the molecule is F[B-]1(F)Oc2c(cc3ccc4cccc5ccc2c3c45)C=[N+]1[C@@H]1CCCC[C@H]1[N+]1=Cc2cc3ccc4cccc5ccc(c2O[B-]1(F)F)c3c45. The lowest BCUT2D eigenvalue weighted by atomic mass is 9.80. The van der Waals surface area contributed by atoms with E-state index in [1.807, 2.05) is 97.1 Å². The molecule has 2 heterocycles. The number of nitrogens with zero attached hydrogens (tertiary/aromatic N) is 2. The lowest BCUT2D eigenvalue weighted by molar-refractivity contribution is -0.577. The maximum atomic E-state index is 16.4. The average Bonchev–Trinajstić information content (AvgIpc) is 3.12. The number of fused-ring (bicyclic) bond motifs is 4. The Hall–Kier alpha value is -5.37. The van der Waals surface area contributed by atoms with E-state index in [9.17, 15) is 0 Å². The van der Waals surface area contributed by atoms with E-state index in [4.69, 9.17) is 9.31 Å². The van der Waals surface area contributed by atoms with Gasteiger partial charge in [0.15, 0.2) is 12.1 Å². The smallest absolute Gasteiger partial charge is 0.599 e. The third-order valence-electron chi connectivity index (χ3n) is 11.5. The molecule has 0 bridgehead atoms. The summed E-state index contributed by atoms with van der Waals surface area (Å²) in [6.45, 7) is 0. The predicted octanol–water partition coefficient (Wildman–Crippen LogP) is 9.89. The summed E-state index contributed by atoms with van der Waals surface area (Å²) in [7, 11) is -9.20. The van der Waals surface area contributed by atoms with Gasteiger partial charge in [-0.15, -0.1) is 0 Å². The largest absolute Gasteiger partial charge is 0.828 e. The maximum Gasteiger partial charge on any atom is 0.828 e. The van der Waals surface area contributed by atoms with Crippen molar-refractivity contribution in [1.29, 1.82) is 0 Å². The quantitative estimate of drug-likeness (QED) is 0.104. The molecule has 0 N–H and O–H groups in total. The fourth-order valence-electron chi connectivity index (χ4n) is 9.39. The fraction of sp³-hybridized carbons (Fsp3) is 0.150. The molecule has 0 saturated heterocycles. The van der Waals surface area contributed by atoms with Crippen LogP contribution in [0.25, 0.3) is 64.6 Å². The van der Waals surface area contributed by atoms with Gasteiger partial charge in [0, 0.05) is 34.4 Å². The number of hydrogen-bond donors (Lipinski definition) is 0. The van der Waals surface area contributed by atoms with Gasteiger partial charge in [0.1, 0.15) is 12.4 Å². The second kappa shape index (κ2) is 9.65. The number of rotatable bonds is 2. The Labute approximate surface area is 283 Å². The Morgan fingerprint density at radius 1 is 0.480 bits per heavy atom. The summed E-state index contributed by atoms with van der Waals surface area (Å²) in [4.78, 5) is 0. The summed E-state index contributed by atoms with van der Waals surface area (Å²) in [6, 6.07) is 29.6. The fourth-order valence-corrected chi connectivity index (χ4v) is 9.39. The van der Waals surface area contributed by atoms with Crippen LogP contribution >= 0.6 is 0 Å². The zero-order chi connectivity index (χ0) is 33.5. The minimum absolute atomic E-state index is 0.130. The van der Waals surface area contributed by atoms with Crippen molar-refractivity contribution in [3.8, 4) is 11.5 Å². The molecule has 10 heteroatoms. The van der Waals surface area contributed by atoms with Gasteiger partial charge in [-0.1, -0.05) is 84.9 Å². The van der Waals surface area contributed by atoms with E-state index in [0.29, 0.717) is 47.6 Å². The van der Waals surface area contributed by atoms with Crippen LogP contribution in [0.15, 0.2) is 97.1 Å². The summed E-state index contributed by atoms with van der Waals surface area (Å²) in [5.41, 5.74) is 1.02. The molecule has 0 spiro atoms. The molecule has 1 saturated carbocycles. The second-order valence-corrected chi connectivity index (χ2v) is 14.2. The highest BCUT2D eigenvalue weighted by atomic mass is 19.3. The topological polar surface area (TPSA) is 24.5 Å². The van der Waals surface area contributed by atoms with Crippen LogP contribution in [0.1, 0.15) is 36.8 Å². The van der Waals surface area contributed by atoms with E-state index < -0.39 is 26.2 Å². The van der Waals surface area contributed by atoms with Crippen LogP contribution in [0.3, 0.4) is 0 Å². The van der Waals surface area contributed by atoms with E-state index >= 15 is 17.3 Å². The first-order valence-electron chi connectivity index (χ1n) is 17.3. The molecule has 0 amide bonds. The highest BCUT2D eigenvalue weighted by Crippen LogP contribution is 2.46. The van der Waals surface area contributed by atoms with Gasteiger partial charge in [-0.3, -0.25) is 0 Å².